The molecule has 0 radical (unpaired) electrons. The van der Waals surface area contributed by atoms with Gasteiger partial charge in [-0.2, -0.15) is 9.78 Å². The fraction of sp³-hybridized carbons (Fsp3) is 0.438. The number of nitrogens with zero attached hydrogens (tertiary/aromatic N) is 4. The van der Waals surface area contributed by atoms with E-state index in [1.54, 1.807) is 10.9 Å². The van der Waals surface area contributed by atoms with E-state index in [0.717, 1.165) is 27.4 Å². The molecule has 0 fully saturated rings. The average Bonchev–Trinajstić information content (AvgIpc) is 2.98. The van der Waals surface area contributed by atoms with Crippen LogP contribution in [0.15, 0.2) is 26.9 Å². The second-order valence-electron chi connectivity index (χ2n) is 4.71. The van der Waals surface area contributed by atoms with Crippen LogP contribution in [0.3, 0.4) is 0 Å². The van der Waals surface area contributed by atoms with Crippen molar-refractivity contribution in [1.82, 2.24) is 14.9 Å². The predicted molar refractivity (Wildman–Crippen MR) is 101 cm³/mol. The number of aryl methyl sites for hydroxylation is 1. The minimum atomic E-state index is 0.565. The predicted octanol–water partition coefficient (Wildman–Crippen LogP) is 4.00. The summed E-state index contributed by atoms with van der Waals surface area (Å²) in [6, 6.07) is 3.86. The first-order valence-electron chi connectivity index (χ1n) is 7.76. The minimum Gasteiger partial charge on any atom is -0.490 e. The molecule has 2 aromatic rings. The van der Waals surface area contributed by atoms with Crippen molar-refractivity contribution in [1.29, 1.82) is 0 Å². The molecule has 1 aromatic heterocycles. The fourth-order valence-electron chi connectivity index (χ4n) is 2.09. The molecule has 0 atom stereocenters. The Morgan fingerprint density at radius 1 is 1.21 bits per heavy atom. The van der Waals surface area contributed by atoms with Crippen molar-refractivity contribution in [2.45, 2.75) is 32.3 Å². The molecule has 0 aliphatic carbocycles. The second kappa shape index (κ2) is 9.08. The van der Waals surface area contributed by atoms with Crippen LogP contribution in [-0.2, 0) is 6.42 Å². The number of hydrogen-bond donors (Lipinski definition) is 0. The highest BCUT2D eigenvalue weighted by atomic mass is 79.9. The molecular formula is C16H21BrN4O2S. The van der Waals surface area contributed by atoms with Gasteiger partial charge >= 0.3 is 0 Å². The molecule has 24 heavy (non-hydrogen) atoms. The Morgan fingerprint density at radius 2 is 1.96 bits per heavy atom. The van der Waals surface area contributed by atoms with Gasteiger partial charge in [0.15, 0.2) is 17.3 Å². The van der Waals surface area contributed by atoms with Gasteiger partial charge in [0.05, 0.1) is 23.9 Å². The van der Waals surface area contributed by atoms with Crippen molar-refractivity contribution in [2.24, 2.45) is 5.10 Å². The largest absolute Gasteiger partial charge is 0.490 e. The van der Waals surface area contributed by atoms with Gasteiger partial charge in [0, 0.05) is 6.42 Å². The third-order valence-corrected chi connectivity index (χ3v) is 4.33. The van der Waals surface area contributed by atoms with E-state index in [-0.39, 0.29) is 0 Å². The van der Waals surface area contributed by atoms with Crippen molar-refractivity contribution < 1.29 is 9.47 Å². The molecule has 0 bridgehead atoms. The van der Waals surface area contributed by atoms with Crippen LogP contribution in [0.25, 0.3) is 0 Å². The summed E-state index contributed by atoms with van der Waals surface area (Å²) in [6.45, 7) is 7.05. The number of hydrogen-bond acceptors (Lipinski definition) is 6. The summed E-state index contributed by atoms with van der Waals surface area (Å²) >= 11 is 5.05. The lowest BCUT2D eigenvalue weighted by atomic mass is 10.2. The van der Waals surface area contributed by atoms with Crippen LogP contribution >= 0.6 is 27.7 Å². The summed E-state index contributed by atoms with van der Waals surface area (Å²) in [5.74, 6) is 2.23. The van der Waals surface area contributed by atoms with E-state index in [0.29, 0.717) is 24.7 Å². The normalized spacial score (nSPS) is 11.2. The maximum Gasteiger partial charge on any atom is 0.211 e. The SMILES string of the molecule is CCOc1cc(/C=N\n2c(CC)nnc2SC)cc(Br)c1OCC. The molecule has 2 rings (SSSR count). The lowest BCUT2D eigenvalue weighted by molar-refractivity contribution is 0.286. The summed E-state index contributed by atoms with van der Waals surface area (Å²) in [6.07, 6.45) is 4.49. The summed E-state index contributed by atoms with van der Waals surface area (Å²) in [7, 11) is 0. The topological polar surface area (TPSA) is 61.5 Å². The first-order chi connectivity index (χ1) is 11.6. The summed E-state index contributed by atoms with van der Waals surface area (Å²) < 4.78 is 13.9. The highest BCUT2D eigenvalue weighted by Crippen LogP contribution is 2.36. The van der Waals surface area contributed by atoms with Crippen LogP contribution in [0.2, 0.25) is 0 Å². The van der Waals surface area contributed by atoms with E-state index in [4.69, 9.17) is 9.47 Å². The molecule has 6 nitrogen and oxygen atoms in total. The first-order valence-corrected chi connectivity index (χ1v) is 9.78. The van der Waals surface area contributed by atoms with Crippen LogP contribution in [0, 0.1) is 0 Å². The van der Waals surface area contributed by atoms with Crippen LogP contribution in [0.1, 0.15) is 32.2 Å². The average molecular weight is 413 g/mol. The number of rotatable bonds is 8. The number of halogens is 1. The van der Waals surface area contributed by atoms with Crippen LogP contribution < -0.4 is 9.47 Å². The van der Waals surface area contributed by atoms with E-state index in [1.807, 2.05) is 39.2 Å². The summed E-state index contributed by atoms with van der Waals surface area (Å²) in [4.78, 5) is 0. The Kier molecular flexibility index (Phi) is 7.11. The van der Waals surface area contributed by atoms with Gasteiger partial charge in [-0.25, -0.2) is 0 Å². The summed E-state index contributed by atoms with van der Waals surface area (Å²) in [5, 5.41) is 13.6. The molecule has 0 saturated carbocycles. The van der Waals surface area contributed by atoms with Crippen molar-refractivity contribution in [2.75, 3.05) is 19.5 Å². The Bertz CT molecular complexity index is 697. The Hall–Kier alpha value is -1.54. The van der Waals surface area contributed by atoms with Gasteiger partial charge in [0.2, 0.25) is 5.16 Å². The molecule has 0 spiro atoms. The lowest BCUT2D eigenvalue weighted by Gasteiger charge is -2.13. The zero-order valence-electron chi connectivity index (χ0n) is 14.2. The smallest absolute Gasteiger partial charge is 0.211 e. The zero-order valence-corrected chi connectivity index (χ0v) is 16.6. The molecule has 0 N–H and O–H groups in total. The van der Waals surface area contributed by atoms with Gasteiger partial charge in [0.1, 0.15) is 0 Å². The van der Waals surface area contributed by atoms with Crippen LogP contribution in [0.5, 0.6) is 11.5 Å². The van der Waals surface area contributed by atoms with Gasteiger partial charge in [-0.05, 0) is 53.7 Å². The van der Waals surface area contributed by atoms with Crippen molar-refractivity contribution in [3.05, 3.63) is 28.0 Å². The number of aromatic nitrogens is 3. The van der Waals surface area contributed by atoms with Gasteiger partial charge in [-0.3, -0.25) is 0 Å². The molecular weight excluding hydrogens is 392 g/mol. The molecule has 0 aliphatic rings. The molecule has 0 unspecified atom stereocenters. The standard InChI is InChI=1S/C16H21BrN4O2S/c1-5-14-19-20-16(24-4)21(14)18-10-11-8-12(17)15(23-7-3)13(9-11)22-6-2/h8-10H,5-7H2,1-4H3/b18-10-. The molecule has 8 heteroatoms. The van der Waals surface area contributed by atoms with Gasteiger partial charge in [0.25, 0.3) is 0 Å². The quantitative estimate of drug-likeness (QED) is 0.484. The van der Waals surface area contributed by atoms with Crippen LogP contribution in [0.4, 0.5) is 0 Å². The third-order valence-electron chi connectivity index (χ3n) is 3.12. The highest BCUT2D eigenvalue weighted by molar-refractivity contribution is 9.10. The molecule has 130 valence electrons. The fourth-order valence-corrected chi connectivity index (χ4v) is 3.12. The Morgan fingerprint density at radius 3 is 2.58 bits per heavy atom. The molecule has 0 aliphatic heterocycles. The van der Waals surface area contributed by atoms with E-state index in [9.17, 15) is 0 Å². The van der Waals surface area contributed by atoms with Crippen LogP contribution in [-0.4, -0.2) is 40.6 Å². The Labute approximate surface area is 154 Å². The maximum absolute atomic E-state index is 5.69. The van der Waals surface area contributed by atoms with Crippen molar-refractivity contribution >= 4 is 33.9 Å². The monoisotopic (exact) mass is 412 g/mol. The van der Waals surface area contributed by atoms with Crippen molar-refractivity contribution in [3.63, 3.8) is 0 Å². The second-order valence-corrected chi connectivity index (χ2v) is 6.34. The van der Waals surface area contributed by atoms with E-state index in [1.165, 1.54) is 11.8 Å². The van der Waals surface area contributed by atoms with Gasteiger partial charge < -0.3 is 9.47 Å². The van der Waals surface area contributed by atoms with Crippen molar-refractivity contribution in [3.8, 4) is 11.5 Å². The third kappa shape index (κ3) is 4.30. The number of ether oxygens (including phenoxy) is 2. The minimum absolute atomic E-state index is 0.565. The number of thioether (sulfide) groups is 1. The lowest BCUT2D eigenvalue weighted by Crippen LogP contribution is -2.01. The number of benzene rings is 1. The van der Waals surface area contributed by atoms with Gasteiger partial charge in [-0.1, -0.05) is 18.7 Å². The first kappa shape index (κ1) is 18.8. The molecule has 0 amide bonds. The van der Waals surface area contributed by atoms with E-state index < -0.39 is 0 Å². The highest BCUT2D eigenvalue weighted by Gasteiger charge is 2.12. The molecule has 1 heterocycles. The molecule has 0 saturated heterocycles. The Balaban J connectivity index is 2.37. The van der Waals surface area contributed by atoms with E-state index in [2.05, 4.69) is 31.2 Å². The molecule has 1 aromatic carbocycles. The van der Waals surface area contributed by atoms with E-state index >= 15 is 0 Å². The zero-order chi connectivity index (χ0) is 17.5. The maximum atomic E-state index is 5.69. The summed E-state index contributed by atoms with van der Waals surface area (Å²) in [5.41, 5.74) is 0.900. The van der Waals surface area contributed by atoms with Gasteiger partial charge in [-0.15, -0.1) is 10.2 Å².